The first kappa shape index (κ1) is 20.4. The first-order valence-electron chi connectivity index (χ1n) is 8.63. The van der Waals surface area contributed by atoms with Crippen molar-refractivity contribution in [3.8, 4) is 0 Å². The molecule has 6 nitrogen and oxygen atoms in total. The van der Waals surface area contributed by atoms with Crippen molar-refractivity contribution in [3.05, 3.63) is 58.3 Å². The fourth-order valence-corrected chi connectivity index (χ4v) is 2.84. The summed E-state index contributed by atoms with van der Waals surface area (Å²) >= 11 is 1.47. The van der Waals surface area contributed by atoms with Gasteiger partial charge in [0.25, 0.3) is 5.91 Å². The lowest BCUT2D eigenvalue weighted by molar-refractivity contribution is -0.137. The monoisotopic (exact) mass is 386 g/mol. The summed E-state index contributed by atoms with van der Waals surface area (Å²) in [6, 6.07) is 8.89. The molecule has 142 valence electrons. The van der Waals surface area contributed by atoms with Crippen molar-refractivity contribution < 1.29 is 19.1 Å². The normalized spacial score (nSPS) is 10.6. The second-order valence-electron chi connectivity index (χ2n) is 5.63. The summed E-state index contributed by atoms with van der Waals surface area (Å²) in [6.07, 6.45) is 3.89. The van der Waals surface area contributed by atoms with Crippen LogP contribution in [0.4, 0.5) is 5.69 Å². The van der Waals surface area contributed by atoms with Gasteiger partial charge >= 0.3 is 5.97 Å². The van der Waals surface area contributed by atoms with Crippen LogP contribution in [0.2, 0.25) is 0 Å². The van der Waals surface area contributed by atoms with Crippen LogP contribution < -0.4 is 10.6 Å². The van der Waals surface area contributed by atoms with Gasteiger partial charge in [-0.3, -0.25) is 9.59 Å². The fourth-order valence-electron chi connectivity index (χ4n) is 2.20. The van der Waals surface area contributed by atoms with Crippen LogP contribution in [0.15, 0.2) is 47.2 Å². The summed E-state index contributed by atoms with van der Waals surface area (Å²) in [4.78, 5) is 35.0. The van der Waals surface area contributed by atoms with Crippen molar-refractivity contribution in [1.29, 1.82) is 0 Å². The molecule has 2 rings (SSSR count). The van der Waals surface area contributed by atoms with E-state index in [2.05, 4.69) is 10.6 Å². The Bertz CT molecular complexity index is 783. The molecule has 2 amide bonds. The first-order valence-corrected chi connectivity index (χ1v) is 9.58. The van der Waals surface area contributed by atoms with Gasteiger partial charge in [0.15, 0.2) is 0 Å². The molecule has 1 heterocycles. The average molecular weight is 386 g/mol. The molecule has 2 aromatic rings. The molecule has 27 heavy (non-hydrogen) atoms. The molecule has 0 unspecified atom stereocenters. The Morgan fingerprint density at radius 1 is 1.15 bits per heavy atom. The summed E-state index contributed by atoms with van der Waals surface area (Å²) in [6.45, 7) is 2.53. The van der Waals surface area contributed by atoms with Gasteiger partial charge in [0, 0.05) is 35.7 Å². The summed E-state index contributed by atoms with van der Waals surface area (Å²) in [5, 5.41) is 9.22. The van der Waals surface area contributed by atoms with Crippen molar-refractivity contribution in [1.82, 2.24) is 5.32 Å². The molecular weight excluding hydrogens is 364 g/mol. The number of hydrogen-bond donors (Lipinski definition) is 2. The maximum absolute atomic E-state index is 12.0. The number of amides is 2. The Morgan fingerprint density at radius 3 is 2.59 bits per heavy atom. The van der Waals surface area contributed by atoms with E-state index in [-0.39, 0.29) is 17.8 Å². The molecule has 0 radical (unpaired) electrons. The van der Waals surface area contributed by atoms with E-state index in [0.717, 1.165) is 5.56 Å². The quantitative estimate of drug-likeness (QED) is 0.393. The average Bonchev–Trinajstić information content (AvgIpc) is 3.20. The van der Waals surface area contributed by atoms with E-state index >= 15 is 0 Å². The number of anilines is 1. The molecule has 0 fully saturated rings. The summed E-state index contributed by atoms with van der Waals surface area (Å²) in [5.74, 6) is -0.626. The molecule has 1 aromatic carbocycles. The largest absolute Gasteiger partial charge is 0.463 e. The standard InChI is InChI=1S/C20H22N2O4S/c1-2-26-19(24)10-7-15-5-8-17(9-6-15)22-18(23)4-3-12-21-20(25)16-11-13-27-14-16/h5-11,13-14H,2-4,12H2,1H3,(H,21,25)(H,22,23). The van der Waals surface area contributed by atoms with Crippen LogP contribution in [0, 0.1) is 0 Å². The number of carbonyl (C=O) groups is 3. The van der Waals surface area contributed by atoms with Crippen LogP contribution in [0.1, 0.15) is 35.7 Å². The van der Waals surface area contributed by atoms with Crippen LogP contribution in [-0.2, 0) is 14.3 Å². The van der Waals surface area contributed by atoms with Crippen LogP contribution >= 0.6 is 11.3 Å². The van der Waals surface area contributed by atoms with Gasteiger partial charge in [0.05, 0.1) is 6.61 Å². The summed E-state index contributed by atoms with van der Waals surface area (Å²) < 4.78 is 4.81. The van der Waals surface area contributed by atoms with Crippen LogP contribution in [-0.4, -0.2) is 30.9 Å². The van der Waals surface area contributed by atoms with Crippen molar-refractivity contribution in [2.45, 2.75) is 19.8 Å². The molecule has 7 heteroatoms. The number of benzene rings is 1. The SMILES string of the molecule is CCOC(=O)C=Cc1ccc(NC(=O)CCCNC(=O)c2ccsc2)cc1. The number of hydrogen-bond acceptors (Lipinski definition) is 5. The van der Waals surface area contributed by atoms with Gasteiger partial charge < -0.3 is 15.4 Å². The number of nitrogens with one attached hydrogen (secondary N) is 2. The highest BCUT2D eigenvalue weighted by Gasteiger charge is 2.06. The highest BCUT2D eigenvalue weighted by molar-refractivity contribution is 7.08. The van der Waals surface area contributed by atoms with E-state index in [4.69, 9.17) is 4.74 Å². The first-order chi connectivity index (χ1) is 13.1. The Hall–Kier alpha value is -2.93. The predicted octanol–water partition coefficient (Wildman–Crippen LogP) is 3.47. The van der Waals surface area contributed by atoms with E-state index in [1.54, 1.807) is 48.7 Å². The zero-order chi connectivity index (χ0) is 19.5. The van der Waals surface area contributed by atoms with Crippen molar-refractivity contribution in [2.75, 3.05) is 18.5 Å². The zero-order valence-corrected chi connectivity index (χ0v) is 15.9. The van der Waals surface area contributed by atoms with Crippen molar-refractivity contribution >= 4 is 40.9 Å². The number of ether oxygens (including phenoxy) is 1. The van der Waals surface area contributed by atoms with E-state index in [9.17, 15) is 14.4 Å². The maximum Gasteiger partial charge on any atom is 0.330 e. The van der Waals surface area contributed by atoms with E-state index in [1.165, 1.54) is 17.4 Å². The molecule has 0 aliphatic heterocycles. The molecule has 0 aliphatic carbocycles. The van der Waals surface area contributed by atoms with Gasteiger partial charge in [0.2, 0.25) is 5.91 Å². The molecular formula is C20H22N2O4S. The Balaban J connectivity index is 1.69. The molecule has 1 aromatic heterocycles. The highest BCUT2D eigenvalue weighted by atomic mass is 32.1. The molecule has 0 saturated heterocycles. The molecule has 0 spiro atoms. The summed E-state index contributed by atoms with van der Waals surface area (Å²) in [7, 11) is 0. The Labute approximate surface area is 162 Å². The van der Waals surface area contributed by atoms with Crippen LogP contribution in [0.3, 0.4) is 0 Å². The molecule has 0 atom stereocenters. The number of thiophene rings is 1. The smallest absolute Gasteiger partial charge is 0.330 e. The lowest BCUT2D eigenvalue weighted by Gasteiger charge is -2.06. The van der Waals surface area contributed by atoms with Crippen molar-refractivity contribution in [2.24, 2.45) is 0 Å². The third kappa shape index (κ3) is 7.45. The van der Waals surface area contributed by atoms with Gasteiger partial charge in [-0.1, -0.05) is 12.1 Å². The second-order valence-corrected chi connectivity index (χ2v) is 6.41. The topological polar surface area (TPSA) is 84.5 Å². The minimum atomic E-state index is -0.388. The predicted molar refractivity (Wildman–Crippen MR) is 107 cm³/mol. The third-order valence-electron chi connectivity index (χ3n) is 3.54. The molecule has 0 aliphatic rings. The van der Waals surface area contributed by atoms with Gasteiger partial charge in [-0.2, -0.15) is 11.3 Å². The number of carbonyl (C=O) groups excluding carboxylic acids is 3. The van der Waals surface area contributed by atoms with Gasteiger partial charge in [-0.25, -0.2) is 4.79 Å². The second kappa shape index (κ2) is 10.9. The fraction of sp³-hybridized carbons (Fsp3) is 0.250. The van der Waals surface area contributed by atoms with E-state index in [1.807, 2.05) is 5.38 Å². The molecule has 2 N–H and O–H groups in total. The lowest BCUT2D eigenvalue weighted by atomic mass is 10.2. The lowest BCUT2D eigenvalue weighted by Crippen LogP contribution is -2.25. The van der Waals surface area contributed by atoms with E-state index < -0.39 is 0 Å². The van der Waals surface area contributed by atoms with E-state index in [0.29, 0.717) is 37.2 Å². The van der Waals surface area contributed by atoms with Gasteiger partial charge in [0.1, 0.15) is 0 Å². The van der Waals surface area contributed by atoms with Crippen molar-refractivity contribution in [3.63, 3.8) is 0 Å². The highest BCUT2D eigenvalue weighted by Crippen LogP contribution is 2.11. The third-order valence-corrected chi connectivity index (χ3v) is 4.23. The summed E-state index contributed by atoms with van der Waals surface area (Å²) in [5.41, 5.74) is 2.15. The Kier molecular flexibility index (Phi) is 8.25. The van der Waals surface area contributed by atoms with Gasteiger partial charge in [-0.05, 0) is 48.6 Å². The van der Waals surface area contributed by atoms with Crippen LogP contribution in [0.5, 0.6) is 0 Å². The molecule has 0 bridgehead atoms. The zero-order valence-electron chi connectivity index (χ0n) is 15.1. The number of esters is 1. The van der Waals surface area contributed by atoms with Crippen LogP contribution in [0.25, 0.3) is 6.08 Å². The minimum absolute atomic E-state index is 0.116. The Morgan fingerprint density at radius 2 is 1.93 bits per heavy atom. The van der Waals surface area contributed by atoms with Gasteiger partial charge in [-0.15, -0.1) is 0 Å². The number of rotatable bonds is 9. The minimum Gasteiger partial charge on any atom is -0.463 e. The molecule has 0 saturated carbocycles. The maximum atomic E-state index is 12.0.